The van der Waals surface area contributed by atoms with Gasteiger partial charge in [-0.2, -0.15) is 5.26 Å². The summed E-state index contributed by atoms with van der Waals surface area (Å²) in [5.74, 6) is 0. The highest BCUT2D eigenvalue weighted by Gasteiger charge is 2.25. The zero-order valence-electron chi connectivity index (χ0n) is 15.6. The number of nitriles is 1. The van der Waals surface area contributed by atoms with E-state index in [0.29, 0.717) is 0 Å². The Hall–Kier alpha value is -3.30. The van der Waals surface area contributed by atoms with Crippen LogP contribution >= 0.6 is 11.8 Å². The van der Waals surface area contributed by atoms with Crippen molar-refractivity contribution in [1.82, 2.24) is 19.4 Å². The molecule has 0 saturated heterocycles. The van der Waals surface area contributed by atoms with Crippen molar-refractivity contribution in [2.75, 3.05) is 0 Å². The summed E-state index contributed by atoms with van der Waals surface area (Å²) in [6.45, 7) is 0. The van der Waals surface area contributed by atoms with Gasteiger partial charge in [-0.3, -0.25) is 4.40 Å². The number of rotatable bonds is 2. The average Bonchev–Trinajstić information content (AvgIpc) is 3.34. The lowest BCUT2D eigenvalue weighted by Crippen LogP contribution is -2.11. The first-order valence-electron chi connectivity index (χ1n) is 9.81. The number of aromatic amines is 1. The molecule has 1 aliphatic carbocycles. The van der Waals surface area contributed by atoms with Gasteiger partial charge in [0.15, 0.2) is 10.8 Å². The van der Waals surface area contributed by atoms with Crippen LogP contribution in [0.25, 0.3) is 27.7 Å². The molecule has 1 aliphatic rings. The van der Waals surface area contributed by atoms with Gasteiger partial charge in [-0.25, -0.2) is 9.97 Å². The molecule has 0 aliphatic heterocycles. The van der Waals surface area contributed by atoms with Crippen molar-refractivity contribution in [1.29, 1.82) is 5.26 Å². The Balaban J connectivity index is 1.68. The number of pyridine rings is 1. The lowest BCUT2D eigenvalue weighted by molar-refractivity contribution is 0.664. The van der Waals surface area contributed by atoms with Crippen molar-refractivity contribution in [2.45, 2.75) is 35.9 Å². The summed E-state index contributed by atoms with van der Waals surface area (Å²) in [5, 5.41) is 12.0. The maximum Gasteiger partial charge on any atom is 0.172 e. The number of para-hydroxylation sites is 4. The minimum absolute atomic E-state index is 0.727. The normalized spacial score (nSPS) is 13.8. The lowest BCUT2D eigenvalue weighted by Gasteiger charge is -2.21. The summed E-state index contributed by atoms with van der Waals surface area (Å²) >= 11 is 1.64. The molecule has 0 unspecified atom stereocenters. The Morgan fingerprint density at radius 1 is 0.931 bits per heavy atom. The van der Waals surface area contributed by atoms with E-state index in [1.807, 2.05) is 42.5 Å². The molecule has 0 radical (unpaired) electrons. The number of nitrogens with zero attached hydrogens (tertiary/aromatic N) is 4. The highest BCUT2D eigenvalue weighted by Crippen LogP contribution is 2.39. The summed E-state index contributed by atoms with van der Waals surface area (Å²) in [7, 11) is 0. The Kier molecular flexibility index (Phi) is 3.65. The molecule has 3 heterocycles. The number of hydrogen-bond donors (Lipinski definition) is 1. The van der Waals surface area contributed by atoms with Gasteiger partial charge in [0, 0.05) is 0 Å². The van der Waals surface area contributed by atoms with E-state index in [-0.39, 0.29) is 0 Å². The van der Waals surface area contributed by atoms with E-state index in [0.717, 1.165) is 69.1 Å². The average molecular weight is 395 g/mol. The van der Waals surface area contributed by atoms with Gasteiger partial charge >= 0.3 is 0 Å². The molecular weight excluding hydrogens is 378 g/mol. The smallest absolute Gasteiger partial charge is 0.172 e. The Morgan fingerprint density at radius 3 is 2.52 bits per heavy atom. The van der Waals surface area contributed by atoms with E-state index in [1.165, 1.54) is 11.1 Å². The topological polar surface area (TPSA) is 69.8 Å². The van der Waals surface area contributed by atoms with Gasteiger partial charge < -0.3 is 4.98 Å². The van der Waals surface area contributed by atoms with Crippen LogP contribution in [0.3, 0.4) is 0 Å². The highest BCUT2D eigenvalue weighted by atomic mass is 32.2. The van der Waals surface area contributed by atoms with Gasteiger partial charge in [0.2, 0.25) is 0 Å². The first-order chi connectivity index (χ1) is 14.3. The van der Waals surface area contributed by atoms with E-state index < -0.39 is 0 Å². The van der Waals surface area contributed by atoms with Gasteiger partial charge in [0.1, 0.15) is 6.07 Å². The summed E-state index contributed by atoms with van der Waals surface area (Å²) in [5.41, 5.74) is 7.86. The van der Waals surface area contributed by atoms with E-state index in [1.54, 1.807) is 11.8 Å². The van der Waals surface area contributed by atoms with Crippen molar-refractivity contribution < 1.29 is 0 Å². The fourth-order valence-corrected chi connectivity index (χ4v) is 5.49. The minimum atomic E-state index is 0.727. The fourth-order valence-electron chi connectivity index (χ4n) is 4.38. The zero-order chi connectivity index (χ0) is 19.4. The van der Waals surface area contributed by atoms with Crippen LogP contribution in [0.5, 0.6) is 0 Å². The van der Waals surface area contributed by atoms with Gasteiger partial charge in [0.25, 0.3) is 0 Å². The molecule has 0 atom stereocenters. The number of nitrogens with one attached hydrogen (secondary N) is 1. The molecule has 2 aromatic carbocycles. The van der Waals surface area contributed by atoms with E-state index in [2.05, 4.69) is 21.5 Å². The molecule has 3 aromatic heterocycles. The number of fused-ring (bicyclic) bond motifs is 5. The summed E-state index contributed by atoms with van der Waals surface area (Å²) in [4.78, 5) is 13.1. The predicted molar refractivity (Wildman–Crippen MR) is 114 cm³/mol. The molecule has 6 rings (SSSR count). The molecule has 140 valence electrons. The highest BCUT2D eigenvalue weighted by molar-refractivity contribution is 7.99. The predicted octanol–water partition coefficient (Wildman–Crippen LogP) is 5.27. The Morgan fingerprint density at radius 2 is 1.69 bits per heavy atom. The standard InChI is InChI=1S/C23H17N5S/c24-13-16-14-7-1-2-8-15(14)22(28-20-12-6-5-11-19(20)25-21(16)28)29-23-26-17-9-3-4-10-18(17)27-23/h3-6,9-12H,1-2,7-8H2,(H,26,27). The summed E-state index contributed by atoms with van der Waals surface area (Å²) < 4.78 is 2.16. The van der Waals surface area contributed by atoms with E-state index >= 15 is 0 Å². The van der Waals surface area contributed by atoms with Crippen LogP contribution in [0.1, 0.15) is 29.5 Å². The van der Waals surface area contributed by atoms with Crippen LogP contribution in [0.2, 0.25) is 0 Å². The molecule has 5 aromatic rings. The first-order valence-corrected chi connectivity index (χ1v) is 10.6. The van der Waals surface area contributed by atoms with Crippen molar-refractivity contribution >= 4 is 39.5 Å². The second-order valence-corrected chi connectivity index (χ2v) is 8.35. The van der Waals surface area contributed by atoms with Gasteiger partial charge in [0.05, 0.1) is 32.7 Å². The molecule has 0 saturated carbocycles. The third-order valence-electron chi connectivity index (χ3n) is 5.69. The monoisotopic (exact) mass is 395 g/mol. The Bertz CT molecular complexity index is 1420. The molecule has 0 bridgehead atoms. The minimum Gasteiger partial charge on any atom is -0.333 e. The zero-order valence-corrected chi connectivity index (χ0v) is 16.5. The van der Waals surface area contributed by atoms with Crippen LogP contribution in [0.4, 0.5) is 0 Å². The lowest BCUT2D eigenvalue weighted by atomic mass is 9.90. The van der Waals surface area contributed by atoms with Crippen molar-refractivity contribution in [2.24, 2.45) is 0 Å². The molecular formula is C23H17N5S. The van der Waals surface area contributed by atoms with Crippen molar-refractivity contribution in [3.8, 4) is 6.07 Å². The molecule has 1 N–H and O–H groups in total. The molecule has 5 nitrogen and oxygen atoms in total. The van der Waals surface area contributed by atoms with Crippen LogP contribution in [0.15, 0.2) is 58.7 Å². The molecule has 0 fully saturated rings. The number of imidazole rings is 2. The number of hydrogen-bond acceptors (Lipinski definition) is 4. The summed E-state index contributed by atoms with van der Waals surface area (Å²) in [6.07, 6.45) is 4.18. The second kappa shape index (κ2) is 6.36. The van der Waals surface area contributed by atoms with Crippen LogP contribution < -0.4 is 0 Å². The third-order valence-corrected chi connectivity index (χ3v) is 6.70. The third kappa shape index (κ3) is 2.48. The molecule has 6 heteroatoms. The van der Waals surface area contributed by atoms with Gasteiger partial charge in [-0.05, 0) is 72.8 Å². The summed E-state index contributed by atoms with van der Waals surface area (Å²) in [6, 6.07) is 18.6. The number of H-pyrrole nitrogens is 1. The van der Waals surface area contributed by atoms with Gasteiger partial charge in [-0.15, -0.1) is 0 Å². The SMILES string of the molecule is N#Cc1c2c(c(Sc3nc4ccccc4[nH]3)n3c1nc1ccccc13)CCCC2. The van der Waals surface area contributed by atoms with Crippen molar-refractivity contribution in [3.05, 3.63) is 65.2 Å². The Labute approximate surface area is 171 Å². The number of aromatic nitrogens is 4. The van der Waals surface area contributed by atoms with Crippen molar-refractivity contribution in [3.63, 3.8) is 0 Å². The largest absolute Gasteiger partial charge is 0.333 e. The number of benzene rings is 2. The van der Waals surface area contributed by atoms with Crippen LogP contribution in [-0.2, 0) is 12.8 Å². The van der Waals surface area contributed by atoms with Crippen LogP contribution in [-0.4, -0.2) is 19.4 Å². The van der Waals surface area contributed by atoms with Gasteiger partial charge in [-0.1, -0.05) is 24.3 Å². The first kappa shape index (κ1) is 16.6. The second-order valence-electron chi connectivity index (χ2n) is 7.38. The fraction of sp³-hybridized carbons (Fsp3) is 0.174. The molecule has 0 spiro atoms. The maximum atomic E-state index is 9.96. The molecule has 0 amide bonds. The van der Waals surface area contributed by atoms with E-state index in [4.69, 9.17) is 9.97 Å². The quantitative estimate of drug-likeness (QED) is 0.442. The van der Waals surface area contributed by atoms with E-state index in [9.17, 15) is 5.26 Å². The van der Waals surface area contributed by atoms with Crippen LogP contribution in [0, 0.1) is 11.3 Å². The molecule has 29 heavy (non-hydrogen) atoms. The maximum absolute atomic E-state index is 9.96.